The van der Waals surface area contributed by atoms with Crippen LogP contribution in [0.15, 0.2) is 0 Å². The van der Waals surface area contributed by atoms with Gasteiger partial charge in [-0.05, 0) is 19.3 Å². The van der Waals surface area contributed by atoms with Gasteiger partial charge in [-0.1, -0.05) is 78.6 Å². The lowest BCUT2D eigenvalue weighted by Crippen LogP contribution is -2.36. The summed E-state index contributed by atoms with van der Waals surface area (Å²) in [6.07, 6.45) is 14.4. The predicted molar refractivity (Wildman–Crippen MR) is 87.0 cm³/mol. The molecule has 0 aliphatic carbocycles. The van der Waals surface area contributed by atoms with Crippen molar-refractivity contribution in [3.05, 3.63) is 0 Å². The Hall–Kier alpha value is -0.370. The Bertz CT molecular complexity index is 232. The Labute approximate surface area is 126 Å². The molecule has 0 aliphatic rings. The number of carbonyl (C=O) groups excluding carboxylic acids is 1. The normalized spacial score (nSPS) is 11.8. The van der Waals surface area contributed by atoms with Gasteiger partial charge in [0.25, 0.3) is 0 Å². The SMILES string of the molecule is CCCCCCCCCCCCC(=O)C(O)(CC)CC. The van der Waals surface area contributed by atoms with E-state index >= 15 is 0 Å². The Morgan fingerprint density at radius 2 is 1.15 bits per heavy atom. The zero-order valence-electron chi connectivity index (χ0n) is 14.0. The van der Waals surface area contributed by atoms with Gasteiger partial charge in [0.1, 0.15) is 5.60 Å². The molecule has 0 heterocycles. The summed E-state index contributed by atoms with van der Waals surface area (Å²) in [5.41, 5.74) is -1.06. The van der Waals surface area contributed by atoms with Gasteiger partial charge in [-0.25, -0.2) is 0 Å². The standard InChI is InChI=1S/C18H36O2/c1-4-7-8-9-10-11-12-13-14-15-16-17(19)18(20,5-2)6-3/h20H,4-16H2,1-3H3. The van der Waals surface area contributed by atoms with Gasteiger partial charge in [-0.3, -0.25) is 4.79 Å². The number of hydrogen-bond acceptors (Lipinski definition) is 2. The lowest BCUT2D eigenvalue weighted by atomic mass is 9.89. The van der Waals surface area contributed by atoms with Crippen LogP contribution < -0.4 is 0 Å². The molecule has 0 aromatic rings. The molecule has 0 spiro atoms. The topological polar surface area (TPSA) is 37.3 Å². The lowest BCUT2D eigenvalue weighted by molar-refractivity contribution is -0.138. The van der Waals surface area contributed by atoms with Crippen molar-refractivity contribution < 1.29 is 9.90 Å². The Morgan fingerprint density at radius 3 is 1.55 bits per heavy atom. The molecule has 20 heavy (non-hydrogen) atoms. The van der Waals surface area contributed by atoms with Crippen molar-refractivity contribution in [2.24, 2.45) is 0 Å². The van der Waals surface area contributed by atoms with Crippen LogP contribution >= 0.6 is 0 Å². The average molecular weight is 284 g/mol. The third-order valence-electron chi connectivity index (χ3n) is 4.45. The molecule has 1 N–H and O–H groups in total. The highest BCUT2D eigenvalue weighted by Crippen LogP contribution is 2.20. The van der Waals surface area contributed by atoms with Crippen LogP contribution in [-0.4, -0.2) is 16.5 Å². The van der Waals surface area contributed by atoms with E-state index in [1.165, 1.54) is 51.4 Å². The van der Waals surface area contributed by atoms with E-state index in [9.17, 15) is 9.90 Å². The Morgan fingerprint density at radius 1 is 0.750 bits per heavy atom. The second-order valence-corrected chi connectivity index (χ2v) is 6.09. The molecule has 0 aromatic heterocycles. The molecule has 2 heteroatoms. The van der Waals surface area contributed by atoms with Crippen LogP contribution in [0.3, 0.4) is 0 Å². The summed E-state index contributed by atoms with van der Waals surface area (Å²) in [6.45, 7) is 6.03. The van der Waals surface area contributed by atoms with Crippen LogP contribution in [0, 0.1) is 0 Å². The second kappa shape index (κ2) is 12.4. The van der Waals surface area contributed by atoms with E-state index in [2.05, 4.69) is 6.92 Å². The highest BCUT2D eigenvalue weighted by Gasteiger charge is 2.30. The third-order valence-corrected chi connectivity index (χ3v) is 4.45. The fraction of sp³-hybridized carbons (Fsp3) is 0.944. The molecule has 0 saturated heterocycles. The molecule has 2 nitrogen and oxygen atoms in total. The summed E-state index contributed by atoms with van der Waals surface area (Å²) in [6, 6.07) is 0. The summed E-state index contributed by atoms with van der Waals surface area (Å²) >= 11 is 0. The van der Waals surface area contributed by atoms with Crippen molar-refractivity contribution in [1.82, 2.24) is 0 Å². The van der Waals surface area contributed by atoms with Crippen LogP contribution in [0.5, 0.6) is 0 Å². The maximum Gasteiger partial charge on any atom is 0.164 e. The second-order valence-electron chi connectivity index (χ2n) is 6.09. The minimum atomic E-state index is -1.06. The van der Waals surface area contributed by atoms with Gasteiger partial charge < -0.3 is 5.11 Å². The number of hydrogen-bond donors (Lipinski definition) is 1. The molecule has 0 rings (SSSR count). The van der Waals surface area contributed by atoms with Crippen LogP contribution in [-0.2, 0) is 4.79 Å². The molecular weight excluding hydrogens is 248 g/mol. The van der Waals surface area contributed by atoms with Crippen LogP contribution in [0.4, 0.5) is 0 Å². The minimum Gasteiger partial charge on any atom is -0.382 e. The molecule has 0 unspecified atom stereocenters. The Balaban J connectivity index is 3.42. The molecule has 0 fully saturated rings. The molecular formula is C18H36O2. The van der Waals surface area contributed by atoms with E-state index in [4.69, 9.17) is 0 Å². The molecule has 0 radical (unpaired) electrons. The first kappa shape index (κ1) is 19.6. The largest absolute Gasteiger partial charge is 0.382 e. The van der Waals surface area contributed by atoms with E-state index in [1.807, 2.05) is 13.8 Å². The van der Waals surface area contributed by atoms with Crippen molar-refractivity contribution in [2.45, 2.75) is 110 Å². The molecule has 0 aliphatic heterocycles. The number of aliphatic hydroxyl groups is 1. The van der Waals surface area contributed by atoms with Crippen molar-refractivity contribution in [3.8, 4) is 0 Å². The van der Waals surface area contributed by atoms with E-state index in [0.717, 1.165) is 12.8 Å². The zero-order chi connectivity index (χ0) is 15.3. The molecule has 120 valence electrons. The minimum absolute atomic E-state index is 0.0436. The maximum atomic E-state index is 11.9. The molecule has 0 bridgehead atoms. The van der Waals surface area contributed by atoms with Crippen molar-refractivity contribution in [3.63, 3.8) is 0 Å². The van der Waals surface area contributed by atoms with E-state index in [0.29, 0.717) is 19.3 Å². The number of rotatable bonds is 14. The highest BCUT2D eigenvalue weighted by atomic mass is 16.3. The predicted octanol–water partition coefficient (Wildman–Crippen LogP) is 5.42. The smallest absolute Gasteiger partial charge is 0.164 e. The number of ketones is 1. The number of Topliss-reactive ketones (excluding diaryl/α,β-unsaturated/α-hetero) is 1. The fourth-order valence-corrected chi connectivity index (χ4v) is 2.65. The first-order valence-electron chi connectivity index (χ1n) is 8.86. The highest BCUT2D eigenvalue weighted by molar-refractivity contribution is 5.86. The molecule has 0 atom stereocenters. The number of carbonyl (C=O) groups is 1. The van der Waals surface area contributed by atoms with E-state index in [1.54, 1.807) is 0 Å². The van der Waals surface area contributed by atoms with Gasteiger partial charge in [0.05, 0.1) is 0 Å². The van der Waals surface area contributed by atoms with E-state index < -0.39 is 5.60 Å². The van der Waals surface area contributed by atoms with Gasteiger partial charge in [-0.15, -0.1) is 0 Å². The number of unbranched alkanes of at least 4 members (excludes halogenated alkanes) is 9. The first-order chi connectivity index (χ1) is 9.60. The summed E-state index contributed by atoms with van der Waals surface area (Å²) in [5, 5.41) is 10.1. The van der Waals surface area contributed by atoms with Gasteiger partial charge in [0.2, 0.25) is 0 Å². The molecule has 0 amide bonds. The first-order valence-corrected chi connectivity index (χ1v) is 8.86. The van der Waals surface area contributed by atoms with Crippen LogP contribution in [0.2, 0.25) is 0 Å². The van der Waals surface area contributed by atoms with Gasteiger partial charge in [0.15, 0.2) is 5.78 Å². The van der Waals surface area contributed by atoms with Crippen molar-refractivity contribution in [1.29, 1.82) is 0 Å². The zero-order valence-corrected chi connectivity index (χ0v) is 14.0. The van der Waals surface area contributed by atoms with Crippen molar-refractivity contribution >= 4 is 5.78 Å². The summed E-state index contributed by atoms with van der Waals surface area (Å²) in [5.74, 6) is 0.0436. The molecule has 0 saturated carbocycles. The van der Waals surface area contributed by atoms with Gasteiger partial charge in [0, 0.05) is 6.42 Å². The van der Waals surface area contributed by atoms with Crippen LogP contribution in [0.1, 0.15) is 104 Å². The average Bonchev–Trinajstić information content (AvgIpc) is 2.48. The van der Waals surface area contributed by atoms with Gasteiger partial charge in [-0.2, -0.15) is 0 Å². The van der Waals surface area contributed by atoms with Crippen LogP contribution in [0.25, 0.3) is 0 Å². The summed E-state index contributed by atoms with van der Waals surface area (Å²) in [4.78, 5) is 11.9. The summed E-state index contributed by atoms with van der Waals surface area (Å²) in [7, 11) is 0. The quantitative estimate of drug-likeness (QED) is 0.433. The van der Waals surface area contributed by atoms with E-state index in [-0.39, 0.29) is 5.78 Å². The fourth-order valence-electron chi connectivity index (χ4n) is 2.65. The monoisotopic (exact) mass is 284 g/mol. The third kappa shape index (κ3) is 8.73. The Kier molecular flexibility index (Phi) is 12.1. The van der Waals surface area contributed by atoms with Crippen molar-refractivity contribution in [2.75, 3.05) is 0 Å². The lowest BCUT2D eigenvalue weighted by Gasteiger charge is -2.23. The molecule has 0 aromatic carbocycles. The van der Waals surface area contributed by atoms with Gasteiger partial charge >= 0.3 is 0 Å². The summed E-state index contributed by atoms with van der Waals surface area (Å²) < 4.78 is 0. The maximum absolute atomic E-state index is 11.9.